The van der Waals surface area contributed by atoms with Crippen molar-refractivity contribution in [1.29, 1.82) is 0 Å². The van der Waals surface area contributed by atoms with E-state index in [-0.39, 0.29) is 29.7 Å². The van der Waals surface area contributed by atoms with E-state index in [1.54, 1.807) is 4.68 Å². The van der Waals surface area contributed by atoms with Gasteiger partial charge in [-0.1, -0.05) is 13.8 Å². The molecule has 28 heavy (non-hydrogen) atoms. The van der Waals surface area contributed by atoms with Crippen LogP contribution in [0.4, 0.5) is 0 Å². The summed E-state index contributed by atoms with van der Waals surface area (Å²) in [4.78, 5) is 16.9. The van der Waals surface area contributed by atoms with Gasteiger partial charge in [0.05, 0.1) is 0 Å². The highest BCUT2D eigenvalue weighted by Gasteiger charge is 2.16. The molecule has 9 heteroatoms. The number of hydrogen-bond donors (Lipinski definition) is 2. The Balaban J connectivity index is 0.00000392. The van der Waals surface area contributed by atoms with E-state index in [0.29, 0.717) is 19.0 Å². The summed E-state index contributed by atoms with van der Waals surface area (Å²) < 4.78 is 9.01. The van der Waals surface area contributed by atoms with E-state index in [4.69, 9.17) is 4.74 Å². The summed E-state index contributed by atoms with van der Waals surface area (Å²) >= 11 is 0. The molecule has 1 aliphatic rings. The van der Waals surface area contributed by atoms with Gasteiger partial charge in [0.1, 0.15) is 5.82 Å². The number of ether oxygens (including phenoxy) is 1. The van der Waals surface area contributed by atoms with Gasteiger partial charge in [0.25, 0.3) is 0 Å². The van der Waals surface area contributed by atoms with Gasteiger partial charge >= 0.3 is 5.69 Å². The highest BCUT2D eigenvalue weighted by Crippen LogP contribution is 2.09. The molecule has 0 fully saturated rings. The van der Waals surface area contributed by atoms with Crippen LogP contribution in [0, 0.1) is 5.92 Å². The van der Waals surface area contributed by atoms with Crippen LogP contribution in [-0.4, -0.2) is 53.2 Å². The largest absolute Gasteiger partial charge is 0.381 e. The molecule has 0 aromatic carbocycles. The first-order valence-electron chi connectivity index (χ1n) is 10.4. The summed E-state index contributed by atoms with van der Waals surface area (Å²) in [6.45, 7) is 11.7. The van der Waals surface area contributed by atoms with Crippen LogP contribution in [0.5, 0.6) is 0 Å². The Kier molecular flexibility index (Phi) is 12.4. The maximum absolute atomic E-state index is 12.3. The van der Waals surface area contributed by atoms with E-state index in [2.05, 4.69) is 41.5 Å². The standard InChI is InChI=1S/C19H36N6O2.HI/c1-4-20-18(22-11-8-14-27-15-16(2)3)21-10-7-13-25-19(26)24-12-6-5-9-17(24)23-25;/h16H,4-15H2,1-3H3,(H2,20,21,22);1H. The van der Waals surface area contributed by atoms with Crippen LogP contribution >= 0.6 is 24.0 Å². The fourth-order valence-electron chi connectivity index (χ4n) is 3.05. The normalized spacial score (nSPS) is 13.9. The van der Waals surface area contributed by atoms with Gasteiger partial charge < -0.3 is 15.4 Å². The maximum atomic E-state index is 12.3. The molecule has 0 amide bonds. The number of aryl methyl sites for hydroxylation is 2. The summed E-state index contributed by atoms with van der Waals surface area (Å²) in [5.74, 6) is 2.33. The topological polar surface area (TPSA) is 85.5 Å². The average Bonchev–Trinajstić information content (AvgIpc) is 2.97. The zero-order chi connectivity index (χ0) is 19.5. The van der Waals surface area contributed by atoms with Crippen molar-refractivity contribution in [2.24, 2.45) is 10.9 Å². The second-order valence-electron chi connectivity index (χ2n) is 7.39. The molecule has 0 bridgehead atoms. The van der Waals surface area contributed by atoms with Crippen molar-refractivity contribution in [2.75, 3.05) is 32.8 Å². The van der Waals surface area contributed by atoms with E-state index >= 15 is 0 Å². The quantitative estimate of drug-likeness (QED) is 0.207. The Morgan fingerprint density at radius 2 is 2.11 bits per heavy atom. The number of halogens is 1. The minimum atomic E-state index is 0. The fraction of sp³-hybridized carbons (Fsp3) is 0.842. The molecule has 1 aliphatic heterocycles. The highest BCUT2D eigenvalue weighted by atomic mass is 127. The number of aliphatic imine (C=N–C) groups is 1. The lowest BCUT2D eigenvalue weighted by Crippen LogP contribution is -2.38. The molecule has 2 rings (SSSR count). The van der Waals surface area contributed by atoms with Crippen molar-refractivity contribution in [2.45, 2.75) is 66.0 Å². The van der Waals surface area contributed by atoms with E-state index in [9.17, 15) is 4.79 Å². The molecule has 0 atom stereocenters. The van der Waals surface area contributed by atoms with Crippen molar-refractivity contribution in [1.82, 2.24) is 25.0 Å². The first-order chi connectivity index (χ1) is 13.1. The molecule has 8 nitrogen and oxygen atoms in total. The van der Waals surface area contributed by atoms with E-state index < -0.39 is 0 Å². The highest BCUT2D eigenvalue weighted by molar-refractivity contribution is 14.0. The van der Waals surface area contributed by atoms with Crippen LogP contribution in [0.3, 0.4) is 0 Å². The summed E-state index contributed by atoms with van der Waals surface area (Å²) in [5, 5.41) is 11.0. The smallest absolute Gasteiger partial charge is 0.345 e. The predicted molar refractivity (Wildman–Crippen MR) is 124 cm³/mol. The molecule has 1 aromatic rings. The Hall–Kier alpha value is -1.10. The third kappa shape index (κ3) is 8.50. The Bertz CT molecular complexity index is 641. The summed E-state index contributed by atoms with van der Waals surface area (Å²) in [6, 6.07) is 0. The SMILES string of the molecule is CCNC(=NCCCn1nc2n(c1=O)CCCC2)NCCCOCC(C)C.I. The van der Waals surface area contributed by atoms with Crippen molar-refractivity contribution in [3.63, 3.8) is 0 Å². The van der Waals surface area contributed by atoms with Gasteiger partial charge in [-0.05, 0) is 38.5 Å². The monoisotopic (exact) mass is 508 g/mol. The third-order valence-corrected chi connectivity index (χ3v) is 4.38. The van der Waals surface area contributed by atoms with Crippen LogP contribution in [0.1, 0.15) is 52.3 Å². The lowest BCUT2D eigenvalue weighted by molar-refractivity contribution is 0.108. The van der Waals surface area contributed by atoms with Crippen LogP contribution in [-0.2, 0) is 24.2 Å². The molecule has 0 unspecified atom stereocenters. The number of hydrogen-bond acceptors (Lipinski definition) is 4. The first-order valence-corrected chi connectivity index (χ1v) is 10.4. The van der Waals surface area contributed by atoms with Gasteiger partial charge in [-0.3, -0.25) is 9.56 Å². The zero-order valence-corrected chi connectivity index (χ0v) is 19.9. The van der Waals surface area contributed by atoms with Gasteiger partial charge in [-0.15, -0.1) is 24.0 Å². The number of nitrogens with zero attached hydrogens (tertiary/aromatic N) is 4. The lowest BCUT2D eigenvalue weighted by atomic mass is 10.2. The van der Waals surface area contributed by atoms with Crippen LogP contribution in [0.25, 0.3) is 0 Å². The second-order valence-corrected chi connectivity index (χ2v) is 7.39. The Labute approximate surface area is 185 Å². The van der Waals surface area contributed by atoms with Gasteiger partial charge in [0, 0.05) is 52.4 Å². The summed E-state index contributed by atoms with van der Waals surface area (Å²) in [5.41, 5.74) is 0.0279. The van der Waals surface area contributed by atoms with E-state index in [0.717, 1.165) is 76.7 Å². The van der Waals surface area contributed by atoms with Gasteiger partial charge in [0.15, 0.2) is 5.96 Å². The van der Waals surface area contributed by atoms with Crippen LogP contribution in [0.15, 0.2) is 9.79 Å². The van der Waals surface area contributed by atoms with E-state index in [1.807, 2.05) is 4.57 Å². The minimum absolute atomic E-state index is 0. The molecule has 162 valence electrons. The van der Waals surface area contributed by atoms with Crippen molar-refractivity contribution >= 4 is 29.9 Å². The Morgan fingerprint density at radius 3 is 2.82 bits per heavy atom. The minimum Gasteiger partial charge on any atom is -0.381 e. The number of rotatable bonds is 11. The lowest BCUT2D eigenvalue weighted by Gasteiger charge is -2.12. The van der Waals surface area contributed by atoms with Crippen LogP contribution < -0.4 is 16.3 Å². The van der Waals surface area contributed by atoms with Gasteiger partial charge in [0.2, 0.25) is 0 Å². The van der Waals surface area contributed by atoms with E-state index in [1.165, 1.54) is 0 Å². The van der Waals surface area contributed by atoms with Crippen molar-refractivity contribution in [3.05, 3.63) is 16.3 Å². The predicted octanol–water partition coefficient (Wildman–Crippen LogP) is 2.01. The summed E-state index contributed by atoms with van der Waals surface area (Å²) in [7, 11) is 0. The molecule has 1 aromatic heterocycles. The number of aromatic nitrogens is 3. The first kappa shape index (κ1) is 24.9. The molecule has 0 saturated heterocycles. The zero-order valence-electron chi connectivity index (χ0n) is 17.6. The molecular formula is C19H37IN6O2. The van der Waals surface area contributed by atoms with Crippen molar-refractivity contribution < 1.29 is 4.74 Å². The van der Waals surface area contributed by atoms with Gasteiger partial charge in [-0.25, -0.2) is 9.48 Å². The molecular weight excluding hydrogens is 471 g/mol. The summed E-state index contributed by atoms with van der Waals surface area (Å²) in [6.07, 6.45) is 4.86. The molecule has 0 aliphatic carbocycles. The fourth-order valence-corrected chi connectivity index (χ4v) is 3.05. The number of guanidine groups is 1. The van der Waals surface area contributed by atoms with Crippen molar-refractivity contribution in [3.8, 4) is 0 Å². The Morgan fingerprint density at radius 1 is 1.29 bits per heavy atom. The molecule has 0 radical (unpaired) electrons. The number of fused-ring (bicyclic) bond motifs is 1. The molecule has 2 heterocycles. The third-order valence-electron chi connectivity index (χ3n) is 4.38. The molecule has 0 saturated carbocycles. The molecule has 0 spiro atoms. The maximum Gasteiger partial charge on any atom is 0.345 e. The van der Waals surface area contributed by atoms with Crippen LogP contribution in [0.2, 0.25) is 0 Å². The number of nitrogens with one attached hydrogen (secondary N) is 2. The van der Waals surface area contributed by atoms with Gasteiger partial charge in [-0.2, -0.15) is 5.10 Å². The average molecular weight is 508 g/mol. The second kappa shape index (κ2) is 14.0. The molecule has 2 N–H and O–H groups in total.